The van der Waals surface area contributed by atoms with Crippen LogP contribution < -0.4 is 5.32 Å². The Bertz CT molecular complexity index is 1100. The predicted molar refractivity (Wildman–Crippen MR) is 103 cm³/mol. The molecule has 6 heteroatoms. The highest BCUT2D eigenvalue weighted by molar-refractivity contribution is 6.22. The number of nitrogens with zero attached hydrogens (tertiary/aromatic N) is 1. The zero-order valence-corrected chi connectivity index (χ0v) is 15.5. The molecule has 4 rings (SSSR count). The standard InChI is InChI=1S/C22H18N2O4/c1-13-5-3-7-19(14(13)2)23-20(25)15-8-9-17-18(11-15)22(27)24(21(17)26)12-16-6-4-10-28-16/h3-11H,12H2,1-2H3,(H,23,25). The number of aryl methyl sites for hydroxylation is 1. The number of nitrogens with one attached hydrogen (secondary N) is 1. The van der Waals surface area contributed by atoms with Gasteiger partial charge in [0, 0.05) is 11.3 Å². The summed E-state index contributed by atoms with van der Waals surface area (Å²) in [5.41, 5.74) is 3.60. The largest absolute Gasteiger partial charge is 0.467 e. The van der Waals surface area contributed by atoms with E-state index in [0.717, 1.165) is 16.0 Å². The van der Waals surface area contributed by atoms with Gasteiger partial charge in [-0.05, 0) is 61.4 Å². The number of hydrogen-bond donors (Lipinski definition) is 1. The molecular weight excluding hydrogens is 356 g/mol. The van der Waals surface area contributed by atoms with Gasteiger partial charge < -0.3 is 9.73 Å². The van der Waals surface area contributed by atoms with Crippen molar-refractivity contribution in [3.8, 4) is 0 Å². The Labute approximate surface area is 161 Å². The van der Waals surface area contributed by atoms with E-state index in [0.29, 0.717) is 22.6 Å². The van der Waals surface area contributed by atoms with Crippen molar-refractivity contribution in [2.45, 2.75) is 20.4 Å². The van der Waals surface area contributed by atoms with Crippen LogP contribution in [-0.4, -0.2) is 22.6 Å². The maximum Gasteiger partial charge on any atom is 0.261 e. The number of rotatable bonds is 4. The number of amides is 3. The molecule has 1 aromatic heterocycles. The molecule has 0 saturated heterocycles. The maximum atomic E-state index is 12.7. The lowest BCUT2D eigenvalue weighted by atomic mass is 10.0. The van der Waals surface area contributed by atoms with Gasteiger partial charge in [0.05, 0.1) is 23.9 Å². The highest BCUT2D eigenvalue weighted by Crippen LogP contribution is 2.26. The van der Waals surface area contributed by atoms with Gasteiger partial charge in [-0.3, -0.25) is 19.3 Å². The zero-order valence-electron chi connectivity index (χ0n) is 15.5. The molecule has 0 unspecified atom stereocenters. The zero-order chi connectivity index (χ0) is 19.8. The van der Waals surface area contributed by atoms with Crippen LogP contribution in [0.25, 0.3) is 0 Å². The van der Waals surface area contributed by atoms with E-state index in [-0.39, 0.29) is 18.0 Å². The van der Waals surface area contributed by atoms with Crippen LogP contribution >= 0.6 is 0 Å². The number of furan rings is 1. The van der Waals surface area contributed by atoms with Gasteiger partial charge in [-0.25, -0.2) is 0 Å². The summed E-state index contributed by atoms with van der Waals surface area (Å²) in [6.07, 6.45) is 1.49. The molecule has 0 aliphatic carbocycles. The van der Waals surface area contributed by atoms with Gasteiger partial charge in [0.25, 0.3) is 17.7 Å². The summed E-state index contributed by atoms with van der Waals surface area (Å²) in [7, 11) is 0. The average molecular weight is 374 g/mol. The number of benzene rings is 2. The number of fused-ring (bicyclic) bond motifs is 1. The Kier molecular flexibility index (Phi) is 4.31. The van der Waals surface area contributed by atoms with Crippen molar-refractivity contribution in [2.24, 2.45) is 0 Å². The number of carbonyl (C=O) groups excluding carboxylic acids is 3. The summed E-state index contributed by atoms with van der Waals surface area (Å²) in [5.74, 6) is -0.640. The topological polar surface area (TPSA) is 79.6 Å². The van der Waals surface area contributed by atoms with Gasteiger partial charge in [-0.1, -0.05) is 12.1 Å². The Hall–Kier alpha value is -3.67. The Balaban J connectivity index is 1.59. The molecule has 28 heavy (non-hydrogen) atoms. The molecule has 6 nitrogen and oxygen atoms in total. The first kappa shape index (κ1) is 17.7. The maximum absolute atomic E-state index is 12.7. The molecule has 0 spiro atoms. The lowest BCUT2D eigenvalue weighted by molar-refractivity contribution is 0.0631. The number of hydrogen-bond acceptors (Lipinski definition) is 4. The van der Waals surface area contributed by atoms with Crippen LogP contribution in [0, 0.1) is 13.8 Å². The quantitative estimate of drug-likeness (QED) is 0.702. The summed E-state index contributed by atoms with van der Waals surface area (Å²) in [6.45, 7) is 3.96. The van der Waals surface area contributed by atoms with E-state index < -0.39 is 11.8 Å². The Morgan fingerprint density at radius 3 is 2.54 bits per heavy atom. The van der Waals surface area contributed by atoms with E-state index in [1.165, 1.54) is 18.4 Å². The lowest BCUT2D eigenvalue weighted by Crippen LogP contribution is -2.28. The molecular formula is C22H18N2O4. The number of anilines is 1. The Morgan fingerprint density at radius 1 is 1.00 bits per heavy atom. The lowest BCUT2D eigenvalue weighted by Gasteiger charge is -2.11. The highest BCUT2D eigenvalue weighted by Gasteiger charge is 2.36. The fourth-order valence-corrected chi connectivity index (χ4v) is 3.21. The molecule has 140 valence electrons. The molecule has 1 N–H and O–H groups in total. The fraction of sp³-hybridized carbons (Fsp3) is 0.136. The van der Waals surface area contributed by atoms with E-state index in [1.807, 2.05) is 32.0 Å². The van der Waals surface area contributed by atoms with E-state index in [2.05, 4.69) is 5.32 Å². The van der Waals surface area contributed by atoms with Crippen LogP contribution in [0.15, 0.2) is 59.2 Å². The third kappa shape index (κ3) is 2.99. The van der Waals surface area contributed by atoms with E-state index in [9.17, 15) is 14.4 Å². The van der Waals surface area contributed by atoms with Gasteiger partial charge in [-0.2, -0.15) is 0 Å². The SMILES string of the molecule is Cc1cccc(NC(=O)c2ccc3c(c2)C(=O)N(Cc2ccco2)C3=O)c1C. The van der Waals surface area contributed by atoms with Crippen LogP contribution in [-0.2, 0) is 6.54 Å². The minimum Gasteiger partial charge on any atom is -0.467 e. The summed E-state index contributed by atoms with van der Waals surface area (Å²) >= 11 is 0. The van der Waals surface area contributed by atoms with Crippen LogP contribution in [0.5, 0.6) is 0 Å². The van der Waals surface area contributed by atoms with Crippen LogP contribution in [0.3, 0.4) is 0 Å². The summed E-state index contributed by atoms with van der Waals surface area (Å²) in [4.78, 5) is 39.0. The molecule has 0 fully saturated rings. The number of carbonyl (C=O) groups is 3. The van der Waals surface area contributed by atoms with Gasteiger partial charge in [0.1, 0.15) is 5.76 Å². The van der Waals surface area contributed by atoms with Crippen molar-refractivity contribution in [3.05, 3.63) is 88.4 Å². The summed E-state index contributed by atoms with van der Waals surface area (Å²) in [6, 6.07) is 13.6. The van der Waals surface area contributed by atoms with Crippen molar-refractivity contribution in [1.82, 2.24) is 4.90 Å². The second-order valence-electron chi connectivity index (χ2n) is 6.74. The van der Waals surface area contributed by atoms with E-state index in [1.54, 1.807) is 18.2 Å². The molecule has 0 saturated carbocycles. The molecule has 0 atom stereocenters. The van der Waals surface area contributed by atoms with Gasteiger partial charge >= 0.3 is 0 Å². The first-order valence-electron chi connectivity index (χ1n) is 8.86. The minimum atomic E-state index is -0.433. The highest BCUT2D eigenvalue weighted by atomic mass is 16.3. The van der Waals surface area contributed by atoms with Gasteiger partial charge in [0.2, 0.25) is 0 Å². The first-order valence-corrected chi connectivity index (χ1v) is 8.86. The second kappa shape index (κ2) is 6.81. The fourth-order valence-electron chi connectivity index (χ4n) is 3.21. The van der Waals surface area contributed by atoms with Crippen LogP contribution in [0.1, 0.15) is 48.0 Å². The van der Waals surface area contributed by atoms with Crippen molar-refractivity contribution in [3.63, 3.8) is 0 Å². The predicted octanol–water partition coefficient (Wildman–Crippen LogP) is 3.94. The average Bonchev–Trinajstić information content (AvgIpc) is 3.28. The normalized spacial score (nSPS) is 13.0. The summed E-state index contributed by atoms with van der Waals surface area (Å²) in [5, 5.41) is 2.87. The first-order chi connectivity index (χ1) is 13.5. The smallest absolute Gasteiger partial charge is 0.261 e. The molecule has 0 radical (unpaired) electrons. The molecule has 2 aromatic carbocycles. The molecule has 3 aromatic rings. The Morgan fingerprint density at radius 2 is 1.79 bits per heavy atom. The van der Waals surface area contributed by atoms with Crippen molar-refractivity contribution < 1.29 is 18.8 Å². The van der Waals surface area contributed by atoms with E-state index in [4.69, 9.17) is 4.42 Å². The van der Waals surface area contributed by atoms with Gasteiger partial charge in [0.15, 0.2) is 0 Å². The number of imide groups is 1. The third-order valence-electron chi connectivity index (χ3n) is 4.98. The molecule has 1 aliphatic heterocycles. The molecule has 3 amide bonds. The molecule has 0 bridgehead atoms. The molecule has 2 heterocycles. The summed E-state index contributed by atoms with van der Waals surface area (Å²) < 4.78 is 5.23. The van der Waals surface area contributed by atoms with Crippen LogP contribution in [0.4, 0.5) is 5.69 Å². The van der Waals surface area contributed by atoms with Crippen molar-refractivity contribution >= 4 is 23.4 Å². The molecule has 1 aliphatic rings. The minimum absolute atomic E-state index is 0.0589. The van der Waals surface area contributed by atoms with Crippen molar-refractivity contribution in [1.29, 1.82) is 0 Å². The van der Waals surface area contributed by atoms with E-state index >= 15 is 0 Å². The van der Waals surface area contributed by atoms with Gasteiger partial charge in [-0.15, -0.1) is 0 Å². The second-order valence-corrected chi connectivity index (χ2v) is 6.74. The monoisotopic (exact) mass is 374 g/mol. The van der Waals surface area contributed by atoms with Crippen molar-refractivity contribution in [2.75, 3.05) is 5.32 Å². The third-order valence-corrected chi connectivity index (χ3v) is 4.98. The van der Waals surface area contributed by atoms with Crippen LogP contribution in [0.2, 0.25) is 0 Å².